The molecule has 0 radical (unpaired) electrons. The van der Waals surface area contributed by atoms with Gasteiger partial charge in [-0.25, -0.2) is 15.0 Å². The van der Waals surface area contributed by atoms with Crippen LogP contribution in [0.5, 0.6) is 0 Å². The fraction of sp³-hybridized carbons (Fsp3) is 0.0250. The van der Waals surface area contributed by atoms with Gasteiger partial charge in [0.1, 0.15) is 16.0 Å². The Morgan fingerprint density at radius 1 is 0.604 bits per heavy atom. The van der Waals surface area contributed by atoms with Crippen LogP contribution in [-0.4, -0.2) is 27.0 Å². The van der Waals surface area contributed by atoms with Gasteiger partial charge in [0.2, 0.25) is 0 Å². The number of nitrogens with two attached hydrogens (primary N) is 1. The highest BCUT2D eigenvalue weighted by molar-refractivity contribution is 6.30. The highest BCUT2D eigenvalue weighted by Gasteiger charge is 2.12. The van der Waals surface area contributed by atoms with E-state index in [-0.39, 0.29) is 16.6 Å². The zero-order valence-electron chi connectivity index (χ0n) is 25.7. The number of hydrogen-bond donors (Lipinski definition) is 1. The van der Waals surface area contributed by atoms with Gasteiger partial charge in [-0.1, -0.05) is 145 Å². The topological polar surface area (TPSA) is 98.8 Å². The van der Waals surface area contributed by atoms with Gasteiger partial charge in [-0.15, -0.1) is 0 Å². The largest absolute Gasteiger partial charge is 0.397 e. The number of hydrogen-bond acceptors (Lipinski definition) is 6. The second kappa shape index (κ2) is 16.7. The highest BCUT2D eigenvalue weighted by atomic mass is 35.5. The van der Waals surface area contributed by atoms with E-state index in [1.54, 1.807) is 12.1 Å². The molecular formula is C40H30Cl2N4O2. The second-order valence-electron chi connectivity index (χ2n) is 10.5. The average Bonchev–Trinajstić information content (AvgIpc) is 3.14. The van der Waals surface area contributed by atoms with Crippen molar-refractivity contribution in [2.45, 2.75) is 6.42 Å². The minimum absolute atomic E-state index is 0.168. The third-order valence-corrected chi connectivity index (χ3v) is 7.53. The van der Waals surface area contributed by atoms with Crippen molar-refractivity contribution in [1.82, 2.24) is 15.0 Å². The van der Waals surface area contributed by atoms with Crippen LogP contribution in [-0.2, 0) is 6.42 Å². The molecule has 0 spiro atoms. The molecule has 0 unspecified atom stereocenters. The summed E-state index contributed by atoms with van der Waals surface area (Å²) in [5.41, 5.74) is 13.6. The van der Waals surface area contributed by atoms with Crippen LogP contribution in [0.25, 0.3) is 33.4 Å². The van der Waals surface area contributed by atoms with Gasteiger partial charge in [-0.2, -0.15) is 0 Å². The number of benzene rings is 4. The molecule has 0 aliphatic heterocycles. The number of aromatic nitrogens is 3. The molecule has 2 N–H and O–H groups in total. The number of nitrogens with zero attached hydrogens (tertiary/aromatic N) is 3. The average molecular weight is 670 g/mol. The molecule has 48 heavy (non-hydrogen) atoms. The number of pyridine rings is 3. The molecular weight excluding hydrogens is 639 g/mol. The normalized spacial score (nSPS) is 10.2. The standard InChI is InChI=1S/C20H13ClN2.C14H12O.C6H5ClN2O/c21-19-12-11-17-18(22-19)13-16(14-7-3-1-4-8-14)20(23-17)15-9-5-2-6-10-15;15-14(13-9-5-2-6-10-13)11-12-7-3-1-4-8-12;7-6-2-1-4(8)5(3-10)9-6/h1-13H;1-10H,11H2;1-3H,8H2. The minimum Gasteiger partial charge on any atom is -0.397 e. The maximum Gasteiger partial charge on any atom is 0.170 e. The van der Waals surface area contributed by atoms with Gasteiger partial charge in [0.25, 0.3) is 0 Å². The monoisotopic (exact) mass is 668 g/mol. The Hall–Kier alpha value is -5.69. The number of fused-ring (bicyclic) bond motifs is 1. The number of Topliss-reactive ketones (excluding diaryl/α,β-unsaturated/α-hetero) is 1. The molecule has 0 aliphatic carbocycles. The second-order valence-corrected chi connectivity index (χ2v) is 11.2. The van der Waals surface area contributed by atoms with Crippen LogP contribution in [0.15, 0.2) is 152 Å². The van der Waals surface area contributed by atoms with Crippen molar-refractivity contribution in [3.05, 3.63) is 179 Å². The van der Waals surface area contributed by atoms with Gasteiger partial charge in [0.05, 0.1) is 22.4 Å². The number of ketones is 1. The molecule has 7 aromatic rings. The van der Waals surface area contributed by atoms with E-state index in [1.165, 1.54) is 6.07 Å². The lowest BCUT2D eigenvalue weighted by Gasteiger charge is -2.11. The van der Waals surface area contributed by atoms with Crippen LogP contribution in [0.2, 0.25) is 10.3 Å². The summed E-state index contributed by atoms with van der Waals surface area (Å²) in [6.45, 7) is 0. The number of halogens is 2. The van der Waals surface area contributed by atoms with E-state index in [9.17, 15) is 9.59 Å². The summed E-state index contributed by atoms with van der Waals surface area (Å²) in [4.78, 5) is 34.9. The van der Waals surface area contributed by atoms with Crippen LogP contribution >= 0.6 is 23.2 Å². The first-order valence-corrected chi connectivity index (χ1v) is 15.7. The molecule has 0 atom stereocenters. The summed E-state index contributed by atoms with van der Waals surface area (Å²) >= 11 is 11.5. The van der Waals surface area contributed by atoms with Crippen molar-refractivity contribution in [3.8, 4) is 22.4 Å². The molecule has 8 heteroatoms. The predicted octanol–water partition coefficient (Wildman–Crippen LogP) is 9.86. The Morgan fingerprint density at radius 2 is 1.15 bits per heavy atom. The lowest BCUT2D eigenvalue weighted by atomic mass is 9.98. The van der Waals surface area contributed by atoms with E-state index in [1.807, 2.05) is 103 Å². The summed E-state index contributed by atoms with van der Waals surface area (Å²) in [5, 5.41) is 0.752. The molecule has 236 valence electrons. The van der Waals surface area contributed by atoms with Crippen molar-refractivity contribution in [3.63, 3.8) is 0 Å². The maximum absolute atomic E-state index is 11.8. The fourth-order valence-corrected chi connectivity index (χ4v) is 5.05. The Bertz CT molecular complexity index is 2110. The molecule has 3 aromatic heterocycles. The van der Waals surface area contributed by atoms with Gasteiger partial charge >= 0.3 is 0 Å². The Balaban J connectivity index is 0.000000155. The lowest BCUT2D eigenvalue weighted by Crippen LogP contribution is -2.02. The summed E-state index contributed by atoms with van der Waals surface area (Å²) in [5.74, 6) is 0.168. The number of rotatable bonds is 6. The SMILES string of the molecule is Clc1ccc2nc(-c3ccccc3)c(-c3ccccc3)cc2n1.Nc1ccc(Cl)nc1C=O.O=C(Cc1ccccc1)c1ccccc1. The highest BCUT2D eigenvalue weighted by Crippen LogP contribution is 2.33. The molecule has 7 rings (SSSR count). The first-order valence-electron chi connectivity index (χ1n) is 15.0. The Labute approximate surface area is 288 Å². The quantitative estimate of drug-likeness (QED) is 0.108. The van der Waals surface area contributed by atoms with E-state index in [2.05, 4.69) is 40.3 Å². The van der Waals surface area contributed by atoms with Crippen molar-refractivity contribution >= 4 is 52.0 Å². The molecule has 0 aliphatic rings. The van der Waals surface area contributed by atoms with Gasteiger partial charge in [-0.05, 0) is 41.5 Å². The summed E-state index contributed by atoms with van der Waals surface area (Å²) in [6, 6.07) is 48.4. The van der Waals surface area contributed by atoms with Crippen molar-refractivity contribution in [2.75, 3.05) is 5.73 Å². The van der Waals surface area contributed by atoms with Crippen molar-refractivity contribution < 1.29 is 9.59 Å². The van der Waals surface area contributed by atoms with Gasteiger partial charge in [0, 0.05) is 23.1 Å². The van der Waals surface area contributed by atoms with Gasteiger partial charge in [-0.3, -0.25) is 9.59 Å². The number of nitrogen functional groups attached to an aromatic ring is 1. The van der Waals surface area contributed by atoms with Crippen molar-refractivity contribution in [1.29, 1.82) is 0 Å². The maximum atomic E-state index is 11.8. The molecule has 4 aromatic carbocycles. The Kier molecular flexibility index (Phi) is 11.7. The van der Waals surface area contributed by atoms with Gasteiger partial charge in [0.15, 0.2) is 12.1 Å². The third-order valence-electron chi connectivity index (χ3n) is 7.11. The van der Waals surface area contributed by atoms with Crippen LogP contribution < -0.4 is 5.73 Å². The molecule has 0 fully saturated rings. The smallest absolute Gasteiger partial charge is 0.170 e. The van der Waals surface area contributed by atoms with E-state index in [0.29, 0.717) is 23.5 Å². The van der Waals surface area contributed by atoms with E-state index >= 15 is 0 Å². The van der Waals surface area contributed by atoms with E-state index in [0.717, 1.165) is 44.5 Å². The van der Waals surface area contributed by atoms with Crippen LogP contribution in [0, 0.1) is 0 Å². The number of aldehydes is 1. The zero-order valence-corrected chi connectivity index (χ0v) is 27.2. The van der Waals surface area contributed by atoms with Crippen LogP contribution in [0.1, 0.15) is 26.4 Å². The van der Waals surface area contributed by atoms with E-state index < -0.39 is 0 Å². The molecule has 3 heterocycles. The molecule has 0 amide bonds. The molecule has 0 saturated heterocycles. The fourth-order valence-electron chi connectivity index (χ4n) is 4.75. The summed E-state index contributed by atoms with van der Waals surface area (Å²) in [6.07, 6.45) is 1.05. The summed E-state index contributed by atoms with van der Waals surface area (Å²) < 4.78 is 0. The molecule has 6 nitrogen and oxygen atoms in total. The Morgan fingerprint density at radius 3 is 1.75 bits per heavy atom. The minimum atomic E-state index is 0.168. The first kappa shape index (κ1) is 33.7. The zero-order chi connectivity index (χ0) is 33.7. The van der Waals surface area contributed by atoms with Gasteiger partial charge < -0.3 is 5.73 Å². The lowest BCUT2D eigenvalue weighted by molar-refractivity contribution is 0.0992. The van der Waals surface area contributed by atoms with Crippen molar-refractivity contribution in [2.24, 2.45) is 0 Å². The van der Waals surface area contributed by atoms with Crippen LogP contribution in [0.3, 0.4) is 0 Å². The molecule has 0 bridgehead atoms. The number of carbonyl (C=O) groups is 2. The molecule has 0 saturated carbocycles. The number of carbonyl (C=O) groups excluding carboxylic acids is 2. The predicted molar refractivity (Wildman–Crippen MR) is 195 cm³/mol. The van der Waals surface area contributed by atoms with Crippen LogP contribution in [0.4, 0.5) is 5.69 Å². The first-order chi connectivity index (χ1) is 23.4. The van der Waals surface area contributed by atoms with E-state index in [4.69, 9.17) is 33.9 Å². The third kappa shape index (κ3) is 9.19. The summed E-state index contributed by atoms with van der Waals surface area (Å²) in [7, 11) is 0. The number of anilines is 1.